The van der Waals surface area contributed by atoms with E-state index in [1.165, 1.54) is 13.8 Å². The van der Waals surface area contributed by atoms with E-state index in [9.17, 15) is 9.59 Å². The van der Waals surface area contributed by atoms with Crippen LogP contribution in [0.5, 0.6) is 0 Å². The van der Waals surface area contributed by atoms with Gasteiger partial charge < -0.3 is 0 Å². The van der Waals surface area contributed by atoms with Gasteiger partial charge >= 0.3 is 0 Å². The first-order valence-electron chi connectivity index (χ1n) is 1.82. The van der Waals surface area contributed by atoms with Crippen molar-refractivity contribution in [3.63, 3.8) is 0 Å². The minimum Gasteiger partial charge on any atom is -0.287 e. The predicted molar refractivity (Wildman–Crippen MR) is 34.7 cm³/mol. The zero-order chi connectivity index (χ0) is 5.86. The molecule has 0 fully saturated rings. The van der Waals surface area contributed by atoms with Gasteiger partial charge in [-0.3, -0.25) is 9.59 Å². The maximum atomic E-state index is 10.00. The van der Waals surface area contributed by atoms with Gasteiger partial charge in [-0.25, -0.2) is 0 Å². The van der Waals surface area contributed by atoms with Crippen LogP contribution in [0.15, 0.2) is 0 Å². The van der Waals surface area contributed by atoms with Crippen LogP contribution < -0.4 is 0 Å². The van der Waals surface area contributed by atoms with Crippen LogP contribution in [0.25, 0.3) is 0 Å². The van der Waals surface area contributed by atoms with Crippen LogP contribution in [-0.4, -0.2) is 61.6 Å². The Morgan fingerprint density at radius 2 is 1.38 bits per heavy atom. The van der Waals surface area contributed by atoms with Crippen LogP contribution in [0.3, 0.4) is 0 Å². The van der Waals surface area contributed by atoms with Gasteiger partial charge in [0.15, 0.2) is 10.2 Å². The average molecular weight is 157 g/mol. The van der Waals surface area contributed by atoms with Crippen LogP contribution in [0.1, 0.15) is 13.8 Å². The van der Waals surface area contributed by atoms with Crippen molar-refractivity contribution in [3.05, 3.63) is 0 Å². The van der Waals surface area contributed by atoms with E-state index in [0.717, 1.165) is 11.8 Å². The standard InChI is InChI=1S/C4H6O2S.K/c1-3(5)7-4(2)6;/h1-2H3;. The summed E-state index contributed by atoms with van der Waals surface area (Å²) in [5.41, 5.74) is 0. The molecule has 0 aromatic carbocycles. The normalized spacial score (nSPS) is 7.25. The number of hydrogen-bond donors (Lipinski definition) is 0. The molecule has 0 amide bonds. The molecule has 0 unspecified atom stereocenters. The minimum absolute atomic E-state index is 0. The molecule has 0 aromatic heterocycles. The van der Waals surface area contributed by atoms with E-state index in [1.54, 1.807) is 0 Å². The van der Waals surface area contributed by atoms with Crippen molar-refractivity contribution in [2.75, 3.05) is 0 Å². The summed E-state index contributed by atoms with van der Waals surface area (Å²) in [5, 5.41) is -0.292. The number of carbonyl (C=O) groups excluding carboxylic acids is 2. The Bertz CT molecular complexity index is 90.2. The molecule has 0 saturated carbocycles. The van der Waals surface area contributed by atoms with Crippen LogP contribution in [0, 0.1) is 0 Å². The number of thioether (sulfide) groups is 1. The zero-order valence-corrected chi connectivity index (χ0v) is 9.16. The third kappa shape index (κ3) is 10.3. The van der Waals surface area contributed by atoms with Crippen molar-refractivity contribution in [2.24, 2.45) is 0 Å². The number of carbonyl (C=O) groups is 2. The van der Waals surface area contributed by atoms with E-state index in [0.29, 0.717) is 0 Å². The summed E-state index contributed by atoms with van der Waals surface area (Å²) in [4.78, 5) is 20.0. The van der Waals surface area contributed by atoms with Gasteiger partial charge in [0.2, 0.25) is 0 Å². The van der Waals surface area contributed by atoms with Crippen molar-refractivity contribution in [3.8, 4) is 0 Å². The molecule has 8 heavy (non-hydrogen) atoms. The molecule has 1 radical (unpaired) electrons. The predicted octanol–water partition coefficient (Wildman–Crippen LogP) is 0.432. The Hall–Kier alpha value is 1.33. The van der Waals surface area contributed by atoms with Crippen molar-refractivity contribution in [2.45, 2.75) is 13.8 Å². The van der Waals surface area contributed by atoms with E-state index >= 15 is 0 Å². The molecule has 0 aliphatic rings. The Morgan fingerprint density at radius 1 is 1.12 bits per heavy atom. The number of hydrogen-bond acceptors (Lipinski definition) is 3. The van der Waals surface area contributed by atoms with Crippen molar-refractivity contribution in [1.82, 2.24) is 0 Å². The van der Waals surface area contributed by atoms with Gasteiger partial charge in [0.1, 0.15) is 0 Å². The molecule has 4 heteroatoms. The van der Waals surface area contributed by atoms with Gasteiger partial charge in [0, 0.05) is 65.2 Å². The average Bonchev–Trinajstić information content (AvgIpc) is 1.27. The largest absolute Gasteiger partial charge is 0.287 e. The third-order valence-electron chi connectivity index (χ3n) is 0.287. The summed E-state index contributed by atoms with van der Waals surface area (Å²) in [7, 11) is 0. The molecule has 0 aliphatic heterocycles. The van der Waals surface area contributed by atoms with Crippen LogP contribution in [0.4, 0.5) is 0 Å². The molecule has 0 bridgehead atoms. The summed E-state index contributed by atoms with van der Waals surface area (Å²) >= 11 is 0.731. The Kier molecular flexibility index (Phi) is 9.71. The SMILES string of the molecule is CC(=O)SC(C)=O.[K]. The molecule has 41 valence electrons. The first-order valence-corrected chi connectivity index (χ1v) is 2.63. The molecule has 0 N–H and O–H groups in total. The summed E-state index contributed by atoms with van der Waals surface area (Å²) < 4.78 is 0. The Labute approximate surface area is 95.2 Å². The maximum Gasteiger partial charge on any atom is 0.193 e. The van der Waals surface area contributed by atoms with Gasteiger partial charge in [-0.05, 0) is 11.8 Å². The molecule has 0 saturated heterocycles. The van der Waals surface area contributed by atoms with Crippen LogP contribution >= 0.6 is 11.8 Å². The Morgan fingerprint density at radius 3 is 1.38 bits per heavy atom. The summed E-state index contributed by atoms with van der Waals surface area (Å²) in [6.45, 7) is 2.73. The second-order valence-corrected chi connectivity index (χ2v) is 2.44. The third-order valence-corrected chi connectivity index (χ3v) is 0.862. The molecule has 0 aliphatic carbocycles. The zero-order valence-electron chi connectivity index (χ0n) is 5.22. The van der Waals surface area contributed by atoms with E-state index in [2.05, 4.69) is 0 Å². The summed E-state index contributed by atoms with van der Waals surface area (Å²) in [5.74, 6) is 0. The topological polar surface area (TPSA) is 34.1 Å². The second kappa shape index (κ2) is 6.45. The Balaban J connectivity index is 0. The molecule has 0 atom stereocenters. The number of rotatable bonds is 0. The van der Waals surface area contributed by atoms with Crippen molar-refractivity contribution in [1.29, 1.82) is 0 Å². The van der Waals surface area contributed by atoms with E-state index in [4.69, 9.17) is 0 Å². The molecule has 0 heterocycles. The first-order chi connectivity index (χ1) is 3.13. The van der Waals surface area contributed by atoms with E-state index < -0.39 is 0 Å². The van der Waals surface area contributed by atoms with E-state index in [-0.39, 0.29) is 61.6 Å². The molecule has 2 nitrogen and oxygen atoms in total. The minimum atomic E-state index is -0.146. The molecular formula is C4H6KO2S. The van der Waals surface area contributed by atoms with Gasteiger partial charge in [-0.1, -0.05) is 0 Å². The first kappa shape index (κ1) is 12.0. The maximum absolute atomic E-state index is 10.00. The molecule has 0 rings (SSSR count). The fraction of sp³-hybridized carbons (Fsp3) is 0.500. The van der Waals surface area contributed by atoms with Crippen molar-refractivity contribution >= 4 is 73.4 Å². The molecular weight excluding hydrogens is 151 g/mol. The van der Waals surface area contributed by atoms with E-state index in [1.807, 2.05) is 0 Å². The fourth-order valence-corrected chi connectivity index (χ4v) is 0.607. The summed E-state index contributed by atoms with van der Waals surface area (Å²) in [6, 6.07) is 0. The van der Waals surface area contributed by atoms with Gasteiger partial charge in [-0.2, -0.15) is 0 Å². The summed E-state index contributed by atoms with van der Waals surface area (Å²) in [6.07, 6.45) is 0. The quantitative estimate of drug-likeness (QED) is 0.478. The van der Waals surface area contributed by atoms with Gasteiger partial charge in [0.05, 0.1) is 0 Å². The van der Waals surface area contributed by atoms with Crippen LogP contribution in [0.2, 0.25) is 0 Å². The van der Waals surface area contributed by atoms with Gasteiger partial charge in [-0.15, -0.1) is 0 Å². The van der Waals surface area contributed by atoms with Crippen molar-refractivity contribution < 1.29 is 9.59 Å². The smallest absolute Gasteiger partial charge is 0.193 e. The van der Waals surface area contributed by atoms with Gasteiger partial charge in [0.25, 0.3) is 0 Å². The fourth-order valence-electron chi connectivity index (χ4n) is 0.202. The second-order valence-electron chi connectivity index (χ2n) is 1.09. The van der Waals surface area contributed by atoms with Crippen LogP contribution in [-0.2, 0) is 9.59 Å². The molecule has 0 spiro atoms. The monoisotopic (exact) mass is 157 g/mol. The molecule has 0 aromatic rings.